The van der Waals surface area contributed by atoms with Crippen LogP contribution in [0, 0.1) is 5.95 Å². The van der Waals surface area contributed by atoms with Crippen LogP contribution in [0.5, 0.6) is 0 Å². The van der Waals surface area contributed by atoms with Gasteiger partial charge in [0.15, 0.2) is 5.82 Å². The Labute approximate surface area is 222 Å². The molecule has 0 unspecified atom stereocenters. The number of anilines is 3. The van der Waals surface area contributed by atoms with Crippen LogP contribution in [0.1, 0.15) is 28.7 Å². The third kappa shape index (κ3) is 4.36. The Morgan fingerprint density at radius 2 is 1.97 bits per heavy atom. The molecular formula is C26H25ClF2N8O. The molecule has 0 atom stereocenters. The van der Waals surface area contributed by atoms with Crippen LogP contribution in [-0.4, -0.2) is 60.8 Å². The number of likely N-dealkylation sites (tertiary alicyclic amines) is 1. The van der Waals surface area contributed by atoms with Crippen molar-refractivity contribution in [3.05, 3.63) is 70.6 Å². The second-order valence-electron chi connectivity index (χ2n) is 9.97. The first-order chi connectivity index (χ1) is 18.2. The molecule has 0 aliphatic carbocycles. The highest BCUT2D eigenvalue weighted by molar-refractivity contribution is 6.32. The molecule has 2 aliphatic rings. The van der Waals surface area contributed by atoms with Crippen LogP contribution in [0.25, 0.3) is 11.1 Å². The number of aromatic nitrogens is 5. The molecule has 38 heavy (non-hydrogen) atoms. The Hall–Kier alpha value is -3.99. The van der Waals surface area contributed by atoms with Crippen molar-refractivity contribution in [2.45, 2.75) is 25.6 Å². The van der Waals surface area contributed by atoms with Gasteiger partial charge in [-0.2, -0.15) is 14.5 Å². The first-order valence-electron chi connectivity index (χ1n) is 12.2. The topological polar surface area (TPSA) is 95.0 Å². The molecule has 9 nitrogen and oxygen atoms in total. The average molecular weight is 539 g/mol. The summed E-state index contributed by atoms with van der Waals surface area (Å²) in [6.45, 7) is 2.93. The minimum Gasteiger partial charge on any atom is -0.342 e. The molecule has 6 rings (SSSR count). The summed E-state index contributed by atoms with van der Waals surface area (Å²) in [5.74, 6) is 0.306. The van der Waals surface area contributed by atoms with Gasteiger partial charge in [0.2, 0.25) is 11.9 Å². The van der Waals surface area contributed by atoms with Crippen LogP contribution in [0.4, 0.5) is 26.2 Å². The Balaban J connectivity index is 1.19. The third-order valence-electron chi connectivity index (χ3n) is 7.05. The Bertz CT molecular complexity index is 1520. The van der Waals surface area contributed by atoms with Crippen molar-refractivity contribution in [2.24, 2.45) is 7.05 Å². The van der Waals surface area contributed by atoms with E-state index in [-0.39, 0.29) is 19.0 Å². The summed E-state index contributed by atoms with van der Waals surface area (Å²) in [5.41, 5.74) is 3.15. The molecule has 196 valence electrons. The van der Waals surface area contributed by atoms with E-state index in [1.165, 1.54) is 18.0 Å². The van der Waals surface area contributed by atoms with E-state index in [1.807, 2.05) is 22.6 Å². The number of halogens is 3. The normalized spacial score (nSPS) is 16.2. The van der Waals surface area contributed by atoms with Gasteiger partial charge in [-0.25, -0.2) is 9.37 Å². The number of hydrogen-bond donors (Lipinski definition) is 2. The standard InChI is InChI=1S/C26H25ClF2N8O/c1-26(29)13-37(14-26)24(38)20-9-16-7-8-36(12-21(16)35(20)2)25-30-11-19(27)23(33-25)32-17-5-3-15(4-6-17)18-10-31-34-22(18)28/h3-6,9-11H,7-8,12-14H2,1-2H3,(H,31,34)(H,30,32,33). The lowest BCUT2D eigenvalue weighted by molar-refractivity contribution is -0.00847. The van der Waals surface area contributed by atoms with E-state index in [4.69, 9.17) is 11.6 Å². The number of benzene rings is 1. The zero-order chi connectivity index (χ0) is 26.6. The number of H-pyrrole nitrogens is 1. The lowest BCUT2D eigenvalue weighted by atomic mass is 9.98. The van der Waals surface area contributed by atoms with E-state index in [0.29, 0.717) is 46.7 Å². The number of hydrogen-bond acceptors (Lipinski definition) is 6. The number of alkyl halides is 1. The number of rotatable bonds is 5. The number of carbonyl (C=O) groups excluding carboxylic acids is 1. The second-order valence-corrected chi connectivity index (χ2v) is 10.4. The van der Waals surface area contributed by atoms with Gasteiger partial charge in [0.05, 0.1) is 37.6 Å². The van der Waals surface area contributed by atoms with Crippen LogP contribution in [0.2, 0.25) is 5.02 Å². The maximum atomic E-state index is 13.9. The molecule has 2 aliphatic heterocycles. The maximum absolute atomic E-state index is 13.9. The summed E-state index contributed by atoms with van der Waals surface area (Å²) < 4.78 is 29.6. The summed E-state index contributed by atoms with van der Waals surface area (Å²) in [7, 11) is 1.86. The molecule has 4 aromatic rings. The number of aromatic amines is 1. The minimum absolute atomic E-state index is 0.116. The van der Waals surface area contributed by atoms with Crippen molar-refractivity contribution >= 4 is 35.0 Å². The molecule has 1 saturated heterocycles. The smallest absolute Gasteiger partial charge is 0.270 e. The zero-order valence-electron chi connectivity index (χ0n) is 20.8. The molecule has 2 N–H and O–H groups in total. The van der Waals surface area contributed by atoms with E-state index >= 15 is 0 Å². The fourth-order valence-corrected chi connectivity index (χ4v) is 5.15. The van der Waals surface area contributed by atoms with Crippen LogP contribution in [0.3, 0.4) is 0 Å². The fourth-order valence-electron chi connectivity index (χ4n) is 5.02. The number of fused-ring (bicyclic) bond motifs is 1. The zero-order valence-corrected chi connectivity index (χ0v) is 21.6. The molecule has 5 heterocycles. The Kier molecular flexibility index (Phi) is 5.82. The molecule has 0 saturated carbocycles. The van der Waals surface area contributed by atoms with Gasteiger partial charge in [-0.1, -0.05) is 23.7 Å². The predicted molar refractivity (Wildman–Crippen MR) is 140 cm³/mol. The van der Waals surface area contributed by atoms with E-state index in [0.717, 1.165) is 23.4 Å². The second kappa shape index (κ2) is 9.09. The van der Waals surface area contributed by atoms with E-state index in [9.17, 15) is 13.6 Å². The van der Waals surface area contributed by atoms with Crippen molar-refractivity contribution in [1.82, 2.24) is 29.6 Å². The number of amides is 1. The molecular weight excluding hydrogens is 514 g/mol. The molecule has 12 heteroatoms. The van der Waals surface area contributed by atoms with Crippen LogP contribution in [-0.2, 0) is 20.0 Å². The summed E-state index contributed by atoms with van der Waals surface area (Å²) >= 11 is 6.39. The lowest BCUT2D eigenvalue weighted by Crippen LogP contribution is -2.59. The molecule has 0 spiro atoms. The van der Waals surface area contributed by atoms with Crippen molar-refractivity contribution in [3.8, 4) is 11.1 Å². The van der Waals surface area contributed by atoms with Gasteiger partial charge in [-0.15, -0.1) is 0 Å². The van der Waals surface area contributed by atoms with Gasteiger partial charge in [0.1, 0.15) is 16.4 Å². The van der Waals surface area contributed by atoms with E-state index in [2.05, 4.69) is 25.5 Å². The van der Waals surface area contributed by atoms with E-state index < -0.39 is 11.6 Å². The number of carbonyl (C=O) groups is 1. The fraction of sp³-hybridized carbons (Fsp3) is 0.308. The van der Waals surface area contributed by atoms with E-state index in [1.54, 1.807) is 30.5 Å². The van der Waals surface area contributed by atoms with Gasteiger partial charge in [0, 0.05) is 25.0 Å². The first-order valence-corrected chi connectivity index (χ1v) is 12.6. The minimum atomic E-state index is -1.31. The first kappa shape index (κ1) is 24.4. The third-order valence-corrected chi connectivity index (χ3v) is 7.33. The van der Waals surface area contributed by atoms with Gasteiger partial charge < -0.3 is 19.7 Å². The highest BCUT2D eigenvalue weighted by Gasteiger charge is 2.42. The predicted octanol–water partition coefficient (Wildman–Crippen LogP) is 4.49. The van der Waals surface area contributed by atoms with Crippen LogP contribution in [0.15, 0.2) is 42.7 Å². The Morgan fingerprint density at radius 3 is 2.66 bits per heavy atom. The monoisotopic (exact) mass is 538 g/mol. The highest BCUT2D eigenvalue weighted by Crippen LogP contribution is 2.31. The average Bonchev–Trinajstić information content (AvgIpc) is 3.46. The molecule has 1 amide bonds. The van der Waals surface area contributed by atoms with Crippen molar-refractivity contribution < 1.29 is 13.6 Å². The number of nitrogens with zero attached hydrogens (tertiary/aromatic N) is 6. The van der Waals surface area contributed by atoms with Crippen molar-refractivity contribution in [3.63, 3.8) is 0 Å². The van der Waals surface area contributed by atoms with Gasteiger partial charge >= 0.3 is 0 Å². The van der Waals surface area contributed by atoms with Crippen molar-refractivity contribution in [1.29, 1.82) is 0 Å². The summed E-state index contributed by atoms with van der Waals surface area (Å²) in [4.78, 5) is 25.6. The molecule has 0 radical (unpaired) electrons. The van der Waals surface area contributed by atoms with Gasteiger partial charge in [-0.3, -0.25) is 9.89 Å². The SMILES string of the molecule is Cn1c(C(=O)N2CC(C)(F)C2)cc2c1CN(c1ncc(Cl)c(Nc3ccc(-c4cn[nH]c4F)cc3)n1)CC2. The largest absolute Gasteiger partial charge is 0.342 e. The number of nitrogens with one attached hydrogen (secondary N) is 2. The Morgan fingerprint density at radius 1 is 1.21 bits per heavy atom. The lowest BCUT2D eigenvalue weighted by Gasteiger charge is -2.42. The van der Waals surface area contributed by atoms with Crippen LogP contribution >= 0.6 is 11.6 Å². The maximum Gasteiger partial charge on any atom is 0.270 e. The van der Waals surface area contributed by atoms with Crippen LogP contribution < -0.4 is 10.2 Å². The van der Waals surface area contributed by atoms with Crippen molar-refractivity contribution in [2.75, 3.05) is 29.9 Å². The summed E-state index contributed by atoms with van der Waals surface area (Å²) in [5, 5.41) is 9.57. The van der Waals surface area contributed by atoms with Gasteiger partial charge in [0.25, 0.3) is 5.91 Å². The summed E-state index contributed by atoms with van der Waals surface area (Å²) in [6, 6.07) is 9.08. The highest BCUT2D eigenvalue weighted by atomic mass is 35.5. The molecule has 1 fully saturated rings. The summed E-state index contributed by atoms with van der Waals surface area (Å²) in [6.07, 6.45) is 3.71. The molecule has 3 aromatic heterocycles. The quantitative estimate of drug-likeness (QED) is 0.389. The molecule has 0 bridgehead atoms. The molecule has 1 aromatic carbocycles. The van der Waals surface area contributed by atoms with Gasteiger partial charge in [-0.05, 0) is 42.7 Å².